The number of aromatic nitrogens is 1. The summed E-state index contributed by atoms with van der Waals surface area (Å²) in [5.74, 6) is 1.19. The molecule has 0 atom stereocenters. The Kier molecular flexibility index (Phi) is 5.20. The zero-order valence-corrected chi connectivity index (χ0v) is 13.5. The fourth-order valence-corrected chi connectivity index (χ4v) is 2.09. The highest BCUT2D eigenvalue weighted by Crippen LogP contribution is 2.23. The van der Waals surface area contributed by atoms with Crippen molar-refractivity contribution in [2.24, 2.45) is 0 Å². The number of carbonyl (C=O) groups excluding carboxylic acids is 1. The van der Waals surface area contributed by atoms with E-state index in [0.717, 1.165) is 17.7 Å². The minimum absolute atomic E-state index is 0.224. The third-order valence-corrected chi connectivity index (χ3v) is 3.66. The molecule has 0 fully saturated rings. The van der Waals surface area contributed by atoms with Crippen molar-refractivity contribution < 1.29 is 14.1 Å². The van der Waals surface area contributed by atoms with Gasteiger partial charge in [-0.2, -0.15) is 0 Å². The monoisotopic (exact) mass is 302 g/mol. The lowest BCUT2D eigenvalue weighted by molar-refractivity contribution is 0.0942. The molecule has 1 aromatic carbocycles. The Morgan fingerprint density at radius 1 is 1.32 bits per heavy atom. The van der Waals surface area contributed by atoms with Crippen LogP contribution in [0, 0.1) is 20.8 Å². The van der Waals surface area contributed by atoms with Crippen LogP contribution in [0.4, 0.5) is 0 Å². The van der Waals surface area contributed by atoms with Crippen LogP contribution in [-0.4, -0.2) is 17.6 Å². The molecule has 5 nitrogen and oxygen atoms in total. The molecule has 118 valence electrons. The summed E-state index contributed by atoms with van der Waals surface area (Å²) in [6.45, 7) is 8.71. The van der Waals surface area contributed by atoms with Gasteiger partial charge in [-0.3, -0.25) is 4.79 Å². The molecule has 0 saturated carbocycles. The highest BCUT2D eigenvalue weighted by Gasteiger charge is 2.20. The quantitative estimate of drug-likeness (QED) is 0.889. The van der Waals surface area contributed by atoms with E-state index in [1.54, 1.807) is 6.92 Å². The van der Waals surface area contributed by atoms with Crippen LogP contribution in [-0.2, 0) is 6.61 Å². The topological polar surface area (TPSA) is 64.4 Å². The fraction of sp³-hybridized carbons (Fsp3) is 0.412. The van der Waals surface area contributed by atoms with Crippen molar-refractivity contribution in [1.29, 1.82) is 0 Å². The number of ether oxygens (including phenoxy) is 1. The van der Waals surface area contributed by atoms with Crippen LogP contribution in [0.15, 0.2) is 22.7 Å². The normalized spacial score (nSPS) is 10.5. The molecule has 1 amide bonds. The number of nitrogens with zero attached hydrogens (tertiary/aromatic N) is 1. The Balaban J connectivity index is 2.14. The molecule has 2 rings (SSSR count). The molecule has 5 heteroatoms. The number of hydrogen-bond donors (Lipinski definition) is 1. The van der Waals surface area contributed by atoms with Crippen molar-refractivity contribution in [2.75, 3.05) is 6.54 Å². The maximum absolute atomic E-state index is 12.1. The summed E-state index contributed by atoms with van der Waals surface area (Å²) < 4.78 is 11.0. The molecule has 0 spiro atoms. The average molecular weight is 302 g/mol. The zero-order chi connectivity index (χ0) is 16.1. The molecule has 0 aliphatic carbocycles. The van der Waals surface area contributed by atoms with E-state index in [1.807, 2.05) is 39.0 Å². The molecule has 2 aromatic rings. The van der Waals surface area contributed by atoms with E-state index in [2.05, 4.69) is 10.5 Å². The van der Waals surface area contributed by atoms with Crippen LogP contribution in [0.25, 0.3) is 0 Å². The first-order chi connectivity index (χ1) is 10.5. The van der Waals surface area contributed by atoms with Crippen LogP contribution >= 0.6 is 0 Å². The second-order valence-corrected chi connectivity index (χ2v) is 5.31. The summed E-state index contributed by atoms with van der Waals surface area (Å²) >= 11 is 0. The highest BCUT2D eigenvalue weighted by atomic mass is 16.5. The second-order valence-electron chi connectivity index (χ2n) is 5.31. The van der Waals surface area contributed by atoms with Gasteiger partial charge in [0.2, 0.25) is 0 Å². The summed E-state index contributed by atoms with van der Waals surface area (Å²) in [6, 6.07) is 5.91. The third kappa shape index (κ3) is 3.47. The summed E-state index contributed by atoms with van der Waals surface area (Å²) in [5.41, 5.74) is 3.25. The molecule has 0 aliphatic heterocycles. The number of hydrogen-bond acceptors (Lipinski definition) is 4. The van der Waals surface area contributed by atoms with Gasteiger partial charge in [-0.25, -0.2) is 0 Å². The van der Waals surface area contributed by atoms with Crippen molar-refractivity contribution in [2.45, 2.75) is 40.7 Å². The highest BCUT2D eigenvalue weighted by molar-refractivity contribution is 5.93. The third-order valence-electron chi connectivity index (χ3n) is 3.66. The zero-order valence-electron chi connectivity index (χ0n) is 13.5. The van der Waals surface area contributed by atoms with Gasteiger partial charge in [-0.1, -0.05) is 24.2 Å². The maximum Gasteiger partial charge on any atom is 0.273 e. The van der Waals surface area contributed by atoms with Crippen molar-refractivity contribution >= 4 is 5.91 Å². The van der Waals surface area contributed by atoms with E-state index >= 15 is 0 Å². The van der Waals surface area contributed by atoms with Crippen molar-refractivity contribution in [3.8, 4) is 5.75 Å². The van der Waals surface area contributed by atoms with E-state index in [-0.39, 0.29) is 12.5 Å². The van der Waals surface area contributed by atoms with Gasteiger partial charge in [-0.05, 0) is 44.4 Å². The number of nitrogens with one attached hydrogen (secondary N) is 1. The van der Waals surface area contributed by atoms with Gasteiger partial charge in [0.15, 0.2) is 5.69 Å². The van der Waals surface area contributed by atoms with Crippen molar-refractivity contribution in [1.82, 2.24) is 10.5 Å². The predicted octanol–water partition coefficient (Wildman–Crippen LogP) is 3.32. The van der Waals surface area contributed by atoms with Crippen molar-refractivity contribution in [3.63, 3.8) is 0 Å². The van der Waals surface area contributed by atoms with E-state index in [9.17, 15) is 4.79 Å². The smallest absolute Gasteiger partial charge is 0.273 e. The lowest BCUT2D eigenvalue weighted by Crippen LogP contribution is -2.25. The minimum atomic E-state index is -0.224. The summed E-state index contributed by atoms with van der Waals surface area (Å²) in [7, 11) is 0. The van der Waals surface area contributed by atoms with Crippen molar-refractivity contribution in [3.05, 3.63) is 46.3 Å². The van der Waals surface area contributed by atoms with Gasteiger partial charge < -0.3 is 14.6 Å². The van der Waals surface area contributed by atoms with Gasteiger partial charge in [0.1, 0.15) is 18.1 Å². The summed E-state index contributed by atoms with van der Waals surface area (Å²) in [5, 5.41) is 6.66. The lowest BCUT2D eigenvalue weighted by atomic mass is 10.1. The van der Waals surface area contributed by atoms with Gasteiger partial charge in [0.05, 0.1) is 5.56 Å². The van der Waals surface area contributed by atoms with Gasteiger partial charge >= 0.3 is 0 Å². The van der Waals surface area contributed by atoms with Gasteiger partial charge in [-0.15, -0.1) is 0 Å². The molecule has 0 unspecified atom stereocenters. The Morgan fingerprint density at radius 2 is 2.09 bits per heavy atom. The van der Waals surface area contributed by atoms with Crippen LogP contribution < -0.4 is 10.1 Å². The van der Waals surface area contributed by atoms with Crippen LogP contribution in [0.5, 0.6) is 5.75 Å². The molecule has 1 aromatic heterocycles. The molecule has 0 saturated heterocycles. The first-order valence-corrected chi connectivity index (χ1v) is 7.47. The van der Waals surface area contributed by atoms with Crippen LogP contribution in [0.1, 0.15) is 46.3 Å². The molecule has 22 heavy (non-hydrogen) atoms. The van der Waals surface area contributed by atoms with E-state index in [1.165, 1.54) is 5.56 Å². The Labute approximate surface area is 130 Å². The Hall–Kier alpha value is -2.30. The maximum atomic E-state index is 12.1. The Bertz CT molecular complexity index is 662. The van der Waals surface area contributed by atoms with Gasteiger partial charge in [0, 0.05) is 6.54 Å². The van der Waals surface area contributed by atoms with Crippen LogP contribution in [0.2, 0.25) is 0 Å². The number of amides is 1. The van der Waals surface area contributed by atoms with E-state index in [0.29, 0.717) is 23.6 Å². The average Bonchev–Trinajstić information content (AvgIpc) is 2.87. The summed E-state index contributed by atoms with van der Waals surface area (Å²) in [6.07, 6.45) is 0.872. The molecule has 0 bridgehead atoms. The summed E-state index contributed by atoms with van der Waals surface area (Å²) in [4.78, 5) is 12.1. The SMILES string of the molecule is CCCNC(=O)c1noc(C)c1COc1cccc(C)c1C. The largest absolute Gasteiger partial charge is 0.488 e. The number of carbonyl (C=O) groups is 1. The van der Waals surface area contributed by atoms with Gasteiger partial charge in [0.25, 0.3) is 5.91 Å². The minimum Gasteiger partial charge on any atom is -0.488 e. The number of rotatable bonds is 6. The standard InChI is InChI=1S/C17H22N2O3/c1-5-9-18-17(20)16-14(13(4)22-19-16)10-21-15-8-6-7-11(2)12(15)3/h6-8H,5,9-10H2,1-4H3,(H,18,20). The lowest BCUT2D eigenvalue weighted by Gasteiger charge is -2.11. The first kappa shape index (κ1) is 16.1. The predicted molar refractivity (Wildman–Crippen MR) is 84.1 cm³/mol. The molecule has 1 heterocycles. The first-order valence-electron chi connectivity index (χ1n) is 7.47. The molecule has 0 aliphatic rings. The van der Waals surface area contributed by atoms with E-state index in [4.69, 9.17) is 9.26 Å². The Morgan fingerprint density at radius 3 is 2.82 bits per heavy atom. The molecule has 0 radical (unpaired) electrons. The van der Waals surface area contributed by atoms with Crippen LogP contribution in [0.3, 0.4) is 0 Å². The van der Waals surface area contributed by atoms with E-state index < -0.39 is 0 Å². The molecular formula is C17H22N2O3. The molecular weight excluding hydrogens is 280 g/mol. The number of aryl methyl sites for hydroxylation is 2. The second kappa shape index (κ2) is 7.11. The molecule has 1 N–H and O–H groups in total. The number of benzene rings is 1. The fourth-order valence-electron chi connectivity index (χ4n) is 2.09.